The number of rotatable bonds is 7. The van der Waals surface area contributed by atoms with Gasteiger partial charge in [-0.25, -0.2) is 26.7 Å². The molecule has 1 aliphatic rings. The second kappa shape index (κ2) is 8.72. The Morgan fingerprint density at radius 1 is 1.24 bits per heavy atom. The molecule has 1 fully saturated rings. The maximum atomic E-state index is 14.0. The lowest BCUT2D eigenvalue weighted by atomic mass is 9.97. The van der Waals surface area contributed by atoms with Crippen LogP contribution in [0.5, 0.6) is 0 Å². The molecule has 8 nitrogen and oxygen atoms in total. The quantitative estimate of drug-likeness (QED) is 0.665. The third-order valence-corrected chi connectivity index (χ3v) is 7.04. The molecule has 0 spiro atoms. The number of aromatic nitrogens is 3. The molecule has 0 amide bonds. The molecular weight excluding hydrogens is 406 g/mol. The summed E-state index contributed by atoms with van der Waals surface area (Å²) in [6.07, 6.45) is 0.894. The van der Waals surface area contributed by atoms with Gasteiger partial charge in [0.15, 0.2) is 0 Å². The molecule has 0 N–H and O–H groups in total. The van der Waals surface area contributed by atoms with Crippen molar-refractivity contribution in [2.75, 3.05) is 26.8 Å². The minimum absolute atomic E-state index is 0.0871. The summed E-state index contributed by atoms with van der Waals surface area (Å²) < 4.78 is 61.7. The first-order chi connectivity index (χ1) is 13.8. The van der Waals surface area contributed by atoms with E-state index in [1.807, 2.05) is 6.92 Å². The smallest absolute Gasteiger partial charge is 0.345 e. The number of nitrogens with zero attached hydrogens (tertiary/aromatic N) is 4. The van der Waals surface area contributed by atoms with E-state index in [2.05, 4.69) is 5.10 Å². The monoisotopic (exact) mass is 430 g/mol. The van der Waals surface area contributed by atoms with Gasteiger partial charge in [0, 0.05) is 38.7 Å². The third-order valence-electron chi connectivity index (χ3n) is 5.11. The average molecular weight is 430 g/mol. The normalized spacial score (nSPS) is 16.4. The number of ether oxygens (including phenoxy) is 1. The van der Waals surface area contributed by atoms with Crippen LogP contribution >= 0.6 is 0 Å². The van der Waals surface area contributed by atoms with Crippen molar-refractivity contribution in [3.05, 3.63) is 46.1 Å². The lowest BCUT2D eigenvalue weighted by Crippen LogP contribution is -2.39. The summed E-state index contributed by atoms with van der Waals surface area (Å²) in [5.41, 5.74) is -0.219. The van der Waals surface area contributed by atoms with Gasteiger partial charge in [0.2, 0.25) is 10.0 Å². The van der Waals surface area contributed by atoms with Crippen molar-refractivity contribution in [2.24, 2.45) is 0 Å². The predicted molar refractivity (Wildman–Crippen MR) is 101 cm³/mol. The lowest BCUT2D eigenvalue weighted by molar-refractivity contribution is 0.182. The van der Waals surface area contributed by atoms with Gasteiger partial charge in [-0.15, -0.1) is 0 Å². The minimum atomic E-state index is -4.06. The Bertz CT molecular complexity index is 1030. The molecule has 1 saturated heterocycles. The number of benzene rings is 1. The standard InChI is InChI=1S/C18H24F2N4O4S/c1-3-23-17(21-24(18(23)25)10-11-28-2)13-6-8-22(9-7-13)29(26,27)16-5-4-14(19)12-15(16)20/h4-5,12-13H,3,6-11H2,1-2H3. The van der Waals surface area contributed by atoms with Crippen LogP contribution in [-0.4, -0.2) is 53.9 Å². The molecule has 0 aliphatic carbocycles. The van der Waals surface area contributed by atoms with E-state index in [-0.39, 0.29) is 24.7 Å². The highest BCUT2D eigenvalue weighted by Crippen LogP contribution is 2.30. The van der Waals surface area contributed by atoms with Gasteiger partial charge >= 0.3 is 5.69 Å². The fraction of sp³-hybridized carbons (Fsp3) is 0.556. The Morgan fingerprint density at radius 3 is 2.52 bits per heavy atom. The summed E-state index contributed by atoms with van der Waals surface area (Å²) >= 11 is 0. The molecule has 0 unspecified atom stereocenters. The van der Waals surface area contributed by atoms with Gasteiger partial charge in [-0.3, -0.25) is 4.57 Å². The first kappa shape index (κ1) is 21.6. The Labute approximate surface area is 167 Å². The summed E-state index contributed by atoms with van der Waals surface area (Å²) in [5.74, 6) is -1.40. The van der Waals surface area contributed by atoms with Crippen LogP contribution in [0.2, 0.25) is 0 Å². The van der Waals surface area contributed by atoms with Crippen LogP contribution in [-0.2, 0) is 27.8 Å². The molecule has 160 valence electrons. The van der Waals surface area contributed by atoms with E-state index in [1.165, 1.54) is 8.99 Å². The van der Waals surface area contributed by atoms with Crippen LogP contribution in [0, 0.1) is 11.6 Å². The summed E-state index contributed by atoms with van der Waals surface area (Å²) in [5, 5.41) is 4.43. The molecular formula is C18H24F2N4O4S. The number of halogens is 2. The maximum Gasteiger partial charge on any atom is 0.345 e. The zero-order valence-electron chi connectivity index (χ0n) is 16.3. The lowest BCUT2D eigenvalue weighted by Gasteiger charge is -2.30. The van der Waals surface area contributed by atoms with Crippen molar-refractivity contribution in [3.8, 4) is 0 Å². The van der Waals surface area contributed by atoms with E-state index in [0.717, 1.165) is 12.1 Å². The molecule has 2 heterocycles. The zero-order chi connectivity index (χ0) is 21.2. The Hall–Kier alpha value is -2.11. The van der Waals surface area contributed by atoms with E-state index < -0.39 is 26.6 Å². The first-order valence-electron chi connectivity index (χ1n) is 9.41. The van der Waals surface area contributed by atoms with Crippen molar-refractivity contribution < 1.29 is 21.9 Å². The van der Waals surface area contributed by atoms with Crippen LogP contribution in [0.3, 0.4) is 0 Å². The van der Waals surface area contributed by atoms with Gasteiger partial charge in [-0.2, -0.15) is 9.40 Å². The van der Waals surface area contributed by atoms with Crippen LogP contribution < -0.4 is 5.69 Å². The largest absolute Gasteiger partial charge is 0.383 e. The van der Waals surface area contributed by atoms with E-state index >= 15 is 0 Å². The summed E-state index contributed by atoms with van der Waals surface area (Å²) in [6, 6.07) is 2.43. The van der Waals surface area contributed by atoms with Crippen molar-refractivity contribution in [3.63, 3.8) is 0 Å². The molecule has 0 radical (unpaired) electrons. The Kier molecular flexibility index (Phi) is 6.49. The molecule has 2 aromatic rings. The molecule has 1 aromatic carbocycles. The second-order valence-electron chi connectivity index (χ2n) is 6.85. The topological polar surface area (TPSA) is 86.4 Å². The highest BCUT2D eigenvalue weighted by atomic mass is 32.2. The summed E-state index contributed by atoms with van der Waals surface area (Å²) in [7, 11) is -2.52. The Balaban J connectivity index is 1.78. The Morgan fingerprint density at radius 2 is 1.93 bits per heavy atom. The van der Waals surface area contributed by atoms with E-state index in [0.29, 0.717) is 44.4 Å². The molecule has 11 heteroatoms. The molecule has 0 bridgehead atoms. The van der Waals surface area contributed by atoms with Crippen LogP contribution in [0.15, 0.2) is 27.9 Å². The molecule has 0 atom stereocenters. The predicted octanol–water partition coefficient (Wildman–Crippen LogP) is 1.56. The van der Waals surface area contributed by atoms with Gasteiger partial charge in [0.25, 0.3) is 0 Å². The molecule has 1 aliphatic heterocycles. The number of piperidine rings is 1. The van der Waals surface area contributed by atoms with E-state index in [9.17, 15) is 22.0 Å². The van der Waals surface area contributed by atoms with E-state index in [4.69, 9.17) is 4.74 Å². The zero-order valence-corrected chi connectivity index (χ0v) is 17.2. The van der Waals surface area contributed by atoms with Crippen LogP contribution in [0.25, 0.3) is 0 Å². The van der Waals surface area contributed by atoms with Crippen molar-refractivity contribution in [1.82, 2.24) is 18.7 Å². The average Bonchev–Trinajstić information content (AvgIpc) is 3.01. The molecule has 0 saturated carbocycles. The highest BCUT2D eigenvalue weighted by molar-refractivity contribution is 7.89. The highest BCUT2D eigenvalue weighted by Gasteiger charge is 2.33. The minimum Gasteiger partial charge on any atom is -0.383 e. The van der Waals surface area contributed by atoms with Crippen LogP contribution in [0.1, 0.15) is 31.5 Å². The molecule has 1 aromatic heterocycles. The molecule has 3 rings (SSSR count). The summed E-state index contributed by atoms with van der Waals surface area (Å²) in [4.78, 5) is 11.9. The number of hydrogen-bond acceptors (Lipinski definition) is 5. The van der Waals surface area contributed by atoms with Gasteiger partial charge in [-0.05, 0) is 31.9 Å². The number of methoxy groups -OCH3 is 1. The molecule has 29 heavy (non-hydrogen) atoms. The van der Waals surface area contributed by atoms with Crippen LogP contribution in [0.4, 0.5) is 8.78 Å². The van der Waals surface area contributed by atoms with Gasteiger partial charge in [-0.1, -0.05) is 0 Å². The van der Waals surface area contributed by atoms with Gasteiger partial charge in [0.1, 0.15) is 22.4 Å². The number of sulfonamides is 1. The van der Waals surface area contributed by atoms with E-state index in [1.54, 1.807) is 11.7 Å². The fourth-order valence-electron chi connectivity index (χ4n) is 3.56. The fourth-order valence-corrected chi connectivity index (χ4v) is 5.07. The van der Waals surface area contributed by atoms with Crippen molar-refractivity contribution >= 4 is 10.0 Å². The third kappa shape index (κ3) is 4.26. The SMILES string of the molecule is CCn1c(C2CCN(S(=O)(=O)c3ccc(F)cc3F)CC2)nn(CCOC)c1=O. The maximum absolute atomic E-state index is 14.0. The summed E-state index contributed by atoms with van der Waals surface area (Å²) in [6.45, 7) is 3.33. The van der Waals surface area contributed by atoms with Crippen molar-refractivity contribution in [1.29, 1.82) is 0 Å². The van der Waals surface area contributed by atoms with Crippen molar-refractivity contribution in [2.45, 2.75) is 43.7 Å². The number of hydrogen-bond donors (Lipinski definition) is 0. The van der Waals surface area contributed by atoms with Gasteiger partial charge in [0.05, 0.1) is 13.2 Å². The first-order valence-corrected chi connectivity index (χ1v) is 10.8. The van der Waals surface area contributed by atoms with Gasteiger partial charge < -0.3 is 4.74 Å². The second-order valence-corrected chi connectivity index (χ2v) is 8.76.